The van der Waals surface area contributed by atoms with Gasteiger partial charge in [0.25, 0.3) is 0 Å². The molecule has 0 aliphatic heterocycles. The maximum Gasteiger partial charge on any atom is 0.164 e. The predicted octanol–water partition coefficient (Wildman–Crippen LogP) is 16.0. The quantitative estimate of drug-likeness (QED) is 0.160. The van der Waals surface area contributed by atoms with Gasteiger partial charge < -0.3 is 8.98 Å². The van der Waals surface area contributed by atoms with E-state index in [2.05, 4.69) is 199 Å². The molecule has 10 aromatic carbocycles. The van der Waals surface area contributed by atoms with Crippen LogP contribution in [0.3, 0.4) is 0 Å². The summed E-state index contributed by atoms with van der Waals surface area (Å²) in [7, 11) is 0. The van der Waals surface area contributed by atoms with Crippen molar-refractivity contribution in [3.63, 3.8) is 0 Å². The van der Waals surface area contributed by atoms with E-state index in [-0.39, 0.29) is 0 Å². The molecule has 3 heterocycles. The number of hydrogen-bond donors (Lipinski definition) is 0. The van der Waals surface area contributed by atoms with Crippen molar-refractivity contribution in [2.45, 2.75) is 0 Å². The summed E-state index contributed by atoms with van der Waals surface area (Å²) >= 11 is 0. The molecule has 0 N–H and O–H groups in total. The molecule has 5 nitrogen and oxygen atoms in total. The van der Waals surface area contributed by atoms with Crippen molar-refractivity contribution in [2.75, 3.05) is 0 Å². The van der Waals surface area contributed by atoms with Gasteiger partial charge in [-0.25, -0.2) is 15.0 Å². The van der Waals surface area contributed by atoms with Crippen LogP contribution in [-0.2, 0) is 0 Å². The normalized spacial score (nSPS) is 11.6. The van der Waals surface area contributed by atoms with Crippen molar-refractivity contribution in [3.05, 3.63) is 231 Å². The van der Waals surface area contributed by atoms with Crippen LogP contribution in [0, 0.1) is 0 Å². The Hall–Kier alpha value is -8.93. The molecular weight excluding hydrogens is 805 g/mol. The van der Waals surface area contributed by atoms with Gasteiger partial charge in [0.1, 0.15) is 11.2 Å². The number of hydrogen-bond acceptors (Lipinski definition) is 4. The van der Waals surface area contributed by atoms with Crippen LogP contribution in [0.2, 0.25) is 0 Å². The third kappa shape index (κ3) is 6.28. The average Bonchev–Trinajstić information content (AvgIpc) is 3.95. The van der Waals surface area contributed by atoms with Crippen LogP contribution in [0.5, 0.6) is 0 Å². The Kier molecular flexibility index (Phi) is 8.78. The Balaban J connectivity index is 0.909. The van der Waals surface area contributed by atoms with E-state index in [1.807, 2.05) is 36.4 Å². The summed E-state index contributed by atoms with van der Waals surface area (Å²) < 4.78 is 9.14. The van der Waals surface area contributed by atoms with Gasteiger partial charge in [0, 0.05) is 49.3 Å². The Morgan fingerprint density at radius 3 is 1.47 bits per heavy atom. The van der Waals surface area contributed by atoms with Crippen LogP contribution >= 0.6 is 0 Å². The first-order valence-corrected chi connectivity index (χ1v) is 22.3. The zero-order valence-electron chi connectivity index (χ0n) is 35.6. The van der Waals surface area contributed by atoms with E-state index in [0.717, 1.165) is 88.5 Å². The molecule has 66 heavy (non-hydrogen) atoms. The largest absolute Gasteiger partial charge is 0.455 e. The molecule has 0 unspecified atom stereocenters. The van der Waals surface area contributed by atoms with E-state index >= 15 is 0 Å². The van der Waals surface area contributed by atoms with Crippen LogP contribution in [0.15, 0.2) is 235 Å². The van der Waals surface area contributed by atoms with Gasteiger partial charge >= 0.3 is 0 Å². The number of fused-ring (bicyclic) bond motifs is 8. The summed E-state index contributed by atoms with van der Waals surface area (Å²) in [5.74, 6) is 1.87. The van der Waals surface area contributed by atoms with Crippen molar-refractivity contribution in [1.82, 2.24) is 19.5 Å². The standard InChI is InChI=1S/C61H38N4O/c1-3-15-39(16-4-1)44-19-13-20-45(37-44)61-63-59(42-17-5-2-6-18-42)62-60(64-61)43-31-29-40(30-32-43)47-25-14-28-56-57(47)53-38-52(48-21-7-8-24-51(48)58(53)66-56)41-33-35-46(36-34-41)65-54-26-11-9-22-49(54)50-23-10-12-27-55(50)65/h1-38H. The molecular formula is C61H38N4O. The molecule has 308 valence electrons. The highest BCUT2D eigenvalue weighted by atomic mass is 16.3. The lowest BCUT2D eigenvalue weighted by Gasteiger charge is -2.12. The lowest BCUT2D eigenvalue weighted by atomic mass is 9.93. The van der Waals surface area contributed by atoms with Crippen LogP contribution in [0.1, 0.15) is 0 Å². The number of benzene rings is 10. The van der Waals surface area contributed by atoms with Crippen LogP contribution in [0.25, 0.3) is 128 Å². The minimum absolute atomic E-state index is 0.614. The van der Waals surface area contributed by atoms with Crippen LogP contribution in [0.4, 0.5) is 0 Å². The first-order chi connectivity index (χ1) is 32.7. The average molecular weight is 843 g/mol. The fourth-order valence-electron chi connectivity index (χ4n) is 9.74. The van der Waals surface area contributed by atoms with Crippen LogP contribution in [-0.4, -0.2) is 19.5 Å². The van der Waals surface area contributed by atoms with Gasteiger partial charge in [-0.2, -0.15) is 0 Å². The third-order valence-corrected chi connectivity index (χ3v) is 12.9. The topological polar surface area (TPSA) is 56.7 Å². The molecule has 0 amide bonds. The van der Waals surface area contributed by atoms with Gasteiger partial charge in [0.15, 0.2) is 17.5 Å². The minimum atomic E-state index is 0.614. The minimum Gasteiger partial charge on any atom is -0.455 e. The maximum absolute atomic E-state index is 6.78. The van der Waals surface area contributed by atoms with Crippen molar-refractivity contribution in [1.29, 1.82) is 0 Å². The van der Waals surface area contributed by atoms with Crippen molar-refractivity contribution < 1.29 is 4.42 Å². The highest BCUT2D eigenvalue weighted by Crippen LogP contribution is 2.44. The van der Waals surface area contributed by atoms with Gasteiger partial charge in [-0.05, 0) is 81.2 Å². The molecule has 0 bridgehead atoms. The summed E-state index contributed by atoms with van der Waals surface area (Å²) in [6, 6.07) is 81.0. The van der Waals surface area contributed by atoms with Gasteiger partial charge in [-0.3, -0.25) is 0 Å². The molecule has 0 radical (unpaired) electrons. The zero-order valence-corrected chi connectivity index (χ0v) is 35.6. The Labute approximate surface area is 380 Å². The van der Waals surface area contributed by atoms with Crippen molar-refractivity contribution >= 4 is 54.5 Å². The lowest BCUT2D eigenvalue weighted by Crippen LogP contribution is -2.00. The summed E-state index contributed by atoms with van der Waals surface area (Å²) in [5, 5.41) is 6.91. The van der Waals surface area contributed by atoms with Crippen LogP contribution < -0.4 is 0 Å². The summed E-state index contributed by atoms with van der Waals surface area (Å²) in [5.41, 5.74) is 14.8. The number of rotatable bonds is 7. The molecule has 0 atom stereocenters. The highest BCUT2D eigenvalue weighted by molar-refractivity contribution is 6.22. The van der Waals surface area contributed by atoms with Crippen molar-refractivity contribution in [2.24, 2.45) is 0 Å². The zero-order chi connectivity index (χ0) is 43.6. The summed E-state index contributed by atoms with van der Waals surface area (Å²) in [4.78, 5) is 15.1. The third-order valence-electron chi connectivity index (χ3n) is 12.9. The van der Waals surface area contributed by atoms with E-state index in [1.165, 1.54) is 21.8 Å². The molecule has 5 heteroatoms. The molecule has 0 aliphatic carbocycles. The van der Waals surface area contributed by atoms with Gasteiger partial charge in [-0.15, -0.1) is 0 Å². The number of furan rings is 1. The smallest absolute Gasteiger partial charge is 0.164 e. The number of aromatic nitrogens is 4. The van der Waals surface area contributed by atoms with E-state index in [1.54, 1.807) is 0 Å². The van der Waals surface area contributed by atoms with Gasteiger partial charge in [0.2, 0.25) is 0 Å². The molecule has 13 aromatic rings. The predicted molar refractivity (Wildman–Crippen MR) is 272 cm³/mol. The lowest BCUT2D eigenvalue weighted by molar-refractivity contribution is 0.673. The van der Waals surface area contributed by atoms with E-state index in [4.69, 9.17) is 19.4 Å². The van der Waals surface area contributed by atoms with Gasteiger partial charge in [-0.1, -0.05) is 188 Å². The molecule has 3 aromatic heterocycles. The molecule has 13 rings (SSSR count). The number of para-hydroxylation sites is 2. The second-order valence-electron chi connectivity index (χ2n) is 16.7. The first-order valence-electron chi connectivity index (χ1n) is 22.3. The van der Waals surface area contributed by atoms with E-state index in [9.17, 15) is 0 Å². The second-order valence-corrected chi connectivity index (χ2v) is 16.7. The monoisotopic (exact) mass is 842 g/mol. The fraction of sp³-hybridized carbons (Fsp3) is 0. The molecule has 0 saturated heterocycles. The highest BCUT2D eigenvalue weighted by Gasteiger charge is 2.20. The number of nitrogens with zero attached hydrogens (tertiary/aromatic N) is 4. The molecule has 0 saturated carbocycles. The van der Waals surface area contributed by atoms with E-state index in [0.29, 0.717) is 17.5 Å². The summed E-state index contributed by atoms with van der Waals surface area (Å²) in [6.45, 7) is 0. The molecule has 0 fully saturated rings. The Morgan fingerprint density at radius 1 is 0.303 bits per heavy atom. The first kappa shape index (κ1) is 37.6. The SMILES string of the molecule is c1ccc(-c2cccc(-c3nc(-c4ccccc4)nc(-c4ccc(-c5cccc6oc7c8ccccc8c(-c8ccc(-n9c%10ccccc%10c%10ccccc%109)cc8)cc7c56)cc4)n3)c2)cc1. The maximum atomic E-state index is 6.78. The fourth-order valence-corrected chi connectivity index (χ4v) is 9.74. The van der Waals surface area contributed by atoms with E-state index < -0.39 is 0 Å². The van der Waals surface area contributed by atoms with Gasteiger partial charge in [0.05, 0.1) is 11.0 Å². The Bertz CT molecular complexity index is 3910. The molecule has 0 spiro atoms. The summed E-state index contributed by atoms with van der Waals surface area (Å²) in [6.07, 6.45) is 0. The molecule has 0 aliphatic rings. The van der Waals surface area contributed by atoms with Crippen molar-refractivity contribution in [3.8, 4) is 73.2 Å². The Morgan fingerprint density at radius 2 is 0.788 bits per heavy atom. The second kappa shape index (κ2) is 15.4.